The number of nitrogens with one attached hydrogen (secondary N) is 1. The van der Waals surface area contributed by atoms with Gasteiger partial charge in [-0.1, -0.05) is 48.7 Å². The summed E-state index contributed by atoms with van der Waals surface area (Å²) in [6, 6.07) is 6.47. The Morgan fingerprint density at radius 3 is 2.40 bits per heavy atom. The standard InChI is InChI=1S/C16H20N4O2S3/c1-9(2)8-23-15-19-20-16(25-15)24-10(3)14(22)18-12-6-4-11(5-7-12)13(17)21/h4-7,9-10H,8H2,1-3H3,(H2,17,21)(H,18,22). The number of amides is 2. The normalized spacial score (nSPS) is 12.2. The fourth-order valence-electron chi connectivity index (χ4n) is 1.71. The van der Waals surface area contributed by atoms with Crippen molar-refractivity contribution in [2.24, 2.45) is 11.7 Å². The fourth-order valence-corrected chi connectivity index (χ4v) is 4.85. The number of hydrogen-bond donors (Lipinski definition) is 2. The van der Waals surface area contributed by atoms with Crippen LogP contribution in [0.15, 0.2) is 32.9 Å². The van der Waals surface area contributed by atoms with Crippen molar-refractivity contribution in [3.05, 3.63) is 29.8 Å². The predicted molar refractivity (Wildman–Crippen MR) is 104 cm³/mol. The summed E-state index contributed by atoms with van der Waals surface area (Å²) < 4.78 is 1.70. The minimum absolute atomic E-state index is 0.136. The van der Waals surface area contributed by atoms with Gasteiger partial charge in [0.25, 0.3) is 0 Å². The first-order valence-corrected chi connectivity index (χ1v) is 10.4. The zero-order valence-electron chi connectivity index (χ0n) is 14.2. The van der Waals surface area contributed by atoms with Gasteiger partial charge in [0.2, 0.25) is 11.8 Å². The van der Waals surface area contributed by atoms with Crippen LogP contribution in [0.1, 0.15) is 31.1 Å². The smallest absolute Gasteiger partial charge is 0.248 e. The monoisotopic (exact) mass is 396 g/mol. The molecule has 2 rings (SSSR count). The van der Waals surface area contributed by atoms with E-state index in [1.807, 2.05) is 6.92 Å². The number of nitrogens with two attached hydrogens (primary N) is 1. The van der Waals surface area contributed by atoms with Gasteiger partial charge in [0, 0.05) is 17.0 Å². The van der Waals surface area contributed by atoms with E-state index < -0.39 is 5.91 Å². The molecule has 0 aliphatic heterocycles. The van der Waals surface area contributed by atoms with E-state index in [1.54, 1.807) is 36.0 Å². The number of carbonyl (C=O) groups excluding carboxylic acids is 2. The summed E-state index contributed by atoms with van der Waals surface area (Å²) in [5, 5.41) is 10.8. The molecule has 0 bridgehead atoms. The number of rotatable bonds is 8. The Balaban J connectivity index is 1.88. The lowest BCUT2D eigenvalue weighted by atomic mass is 10.2. The number of carbonyl (C=O) groups is 2. The van der Waals surface area contributed by atoms with Gasteiger partial charge in [-0.25, -0.2) is 0 Å². The van der Waals surface area contributed by atoms with Gasteiger partial charge in [-0.15, -0.1) is 10.2 Å². The van der Waals surface area contributed by atoms with Crippen LogP contribution in [0.2, 0.25) is 0 Å². The lowest BCUT2D eigenvalue weighted by Gasteiger charge is -2.10. The van der Waals surface area contributed by atoms with Gasteiger partial charge in [-0.05, 0) is 37.1 Å². The number of thioether (sulfide) groups is 2. The molecule has 6 nitrogen and oxygen atoms in total. The summed E-state index contributed by atoms with van der Waals surface area (Å²) in [4.78, 5) is 23.3. The Morgan fingerprint density at radius 2 is 1.80 bits per heavy atom. The number of benzene rings is 1. The van der Waals surface area contributed by atoms with Crippen molar-refractivity contribution in [2.45, 2.75) is 34.7 Å². The van der Waals surface area contributed by atoms with Gasteiger partial charge in [0.1, 0.15) is 0 Å². The Morgan fingerprint density at radius 1 is 1.16 bits per heavy atom. The van der Waals surface area contributed by atoms with Crippen LogP contribution in [-0.4, -0.2) is 33.0 Å². The van der Waals surface area contributed by atoms with Crippen LogP contribution < -0.4 is 11.1 Å². The molecule has 2 aromatic rings. The second-order valence-electron chi connectivity index (χ2n) is 5.73. The van der Waals surface area contributed by atoms with Crippen molar-refractivity contribution in [1.29, 1.82) is 0 Å². The SMILES string of the molecule is CC(C)CSc1nnc(SC(C)C(=O)Nc2ccc(C(N)=O)cc2)s1. The van der Waals surface area contributed by atoms with E-state index in [-0.39, 0.29) is 11.2 Å². The van der Waals surface area contributed by atoms with Crippen molar-refractivity contribution < 1.29 is 9.59 Å². The summed E-state index contributed by atoms with van der Waals surface area (Å²) in [6.07, 6.45) is 0. The van der Waals surface area contributed by atoms with Crippen molar-refractivity contribution in [3.8, 4) is 0 Å². The van der Waals surface area contributed by atoms with Gasteiger partial charge in [-0.2, -0.15) is 0 Å². The third-order valence-corrected chi connectivity index (χ3v) is 6.68. The fraction of sp³-hybridized carbons (Fsp3) is 0.375. The van der Waals surface area contributed by atoms with Gasteiger partial charge in [-0.3, -0.25) is 9.59 Å². The number of nitrogens with zero attached hydrogens (tertiary/aromatic N) is 2. The average molecular weight is 397 g/mol. The molecular formula is C16H20N4O2S3. The topological polar surface area (TPSA) is 98.0 Å². The summed E-state index contributed by atoms with van der Waals surface area (Å²) in [7, 11) is 0. The van der Waals surface area contributed by atoms with Crippen LogP contribution in [-0.2, 0) is 4.79 Å². The van der Waals surface area contributed by atoms with E-state index in [1.165, 1.54) is 23.1 Å². The second-order valence-corrected chi connectivity index (χ2v) is 9.56. The van der Waals surface area contributed by atoms with E-state index in [0.717, 1.165) is 14.4 Å². The highest BCUT2D eigenvalue weighted by Crippen LogP contribution is 2.32. The van der Waals surface area contributed by atoms with E-state index in [2.05, 4.69) is 29.4 Å². The first-order chi connectivity index (χ1) is 11.8. The number of aromatic nitrogens is 2. The summed E-state index contributed by atoms with van der Waals surface area (Å²) >= 11 is 4.57. The van der Waals surface area contributed by atoms with Crippen molar-refractivity contribution in [1.82, 2.24) is 10.2 Å². The quantitative estimate of drug-likeness (QED) is 0.663. The minimum Gasteiger partial charge on any atom is -0.366 e. The Hall–Kier alpha value is -1.58. The maximum absolute atomic E-state index is 12.3. The summed E-state index contributed by atoms with van der Waals surface area (Å²) in [6.45, 7) is 6.14. The Kier molecular flexibility index (Phi) is 7.27. The maximum atomic E-state index is 12.3. The Labute approximate surface area is 159 Å². The average Bonchev–Trinajstić information content (AvgIpc) is 3.00. The van der Waals surface area contributed by atoms with E-state index >= 15 is 0 Å². The minimum atomic E-state index is -0.496. The maximum Gasteiger partial charge on any atom is 0.248 e. The number of primary amides is 1. The first-order valence-electron chi connectivity index (χ1n) is 7.69. The highest BCUT2D eigenvalue weighted by atomic mass is 32.2. The largest absolute Gasteiger partial charge is 0.366 e. The molecule has 25 heavy (non-hydrogen) atoms. The van der Waals surface area contributed by atoms with E-state index in [4.69, 9.17) is 5.73 Å². The lowest BCUT2D eigenvalue weighted by molar-refractivity contribution is -0.115. The molecule has 0 fully saturated rings. The molecule has 2 amide bonds. The summed E-state index contributed by atoms with van der Waals surface area (Å²) in [5.74, 6) is 0.958. The molecule has 3 N–H and O–H groups in total. The third kappa shape index (κ3) is 6.33. The van der Waals surface area contributed by atoms with Gasteiger partial charge in [0.05, 0.1) is 5.25 Å². The molecule has 1 unspecified atom stereocenters. The van der Waals surface area contributed by atoms with Crippen LogP contribution in [0.5, 0.6) is 0 Å². The second kappa shape index (κ2) is 9.21. The van der Waals surface area contributed by atoms with Gasteiger partial charge < -0.3 is 11.1 Å². The van der Waals surface area contributed by atoms with Crippen LogP contribution in [0.25, 0.3) is 0 Å². The highest BCUT2D eigenvalue weighted by Gasteiger charge is 2.17. The van der Waals surface area contributed by atoms with Crippen molar-refractivity contribution >= 4 is 52.4 Å². The molecule has 1 aromatic heterocycles. The number of hydrogen-bond acceptors (Lipinski definition) is 7. The molecule has 1 aromatic carbocycles. The lowest BCUT2D eigenvalue weighted by Crippen LogP contribution is -2.22. The molecule has 0 spiro atoms. The molecule has 0 saturated carbocycles. The molecule has 0 aliphatic rings. The molecule has 1 heterocycles. The molecule has 0 aliphatic carbocycles. The number of anilines is 1. The predicted octanol–water partition coefficient (Wildman–Crippen LogP) is 3.50. The molecule has 0 saturated heterocycles. The van der Waals surface area contributed by atoms with Crippen molar-refractivity contribution in [2.75, 3.05) is 11.1 Å². The first kappa shape index (κ1) is 19.7. The zero-order valence-corrected chi connectivity index (χ0v) is 16.6. The van der Waals surface area contributed by atoms with Gasteiger partial charge in [0.15, 0.2) is 8.68 Å². The van der Waals surface area contributed by atoms with Crippen molar-refractivity contribution in [3.63, 3.8) is 0 Å². The highest BCUT2D eigenvalue weighted by molar-refractivity contribution is 8.03. The molecular weight excluding hydrogens is 376 g/mol. The summed E-state index contributed by atoms with van der Waals surface area (Å²) in [5.41, 5.74) is 6.22. The van der Waals surface area contributed by atoms with Crippen LogP contribution in [0.3, 0.4) is 0 Å². The molecule has 1 atom stereocenters. The molecule has 134 valence electrons. The van der Waals surface area contributed by atoms with E-state index in [0.29, 0.717) is 17.2 Å². The van der Waals surface area contributed by atoms with Crippen LogP contribution in [0, 0.1) is 5.92 Å². The van der Waals surface area contributed by atoms with Gasteiger partial charge >= 0.3 is 0 Å². The molecule has 9 heteroatoms. The van der Waals surface area contributed by atoms with Crippen LogP contribution in [0.4, 0.5) is 5.69 Å². The van der Waals surface area contributed by atoms with E-state index in [9.17, 15) is 9.59 Å². The molecule has 0 radical (unpaired) electrons. The Bertz CT molecular complexity index is 731. The van der Waals surface area contributed by atoms with Crippen LogP contribution >= 0.6 is 34.9 Å². The zero-order chi connectivity index (χ0) is 18.4. The third-order valence-electron chi connectivity index (χ3n) is 3.01.